The normalized spacial score (nSPS) is 17.1. The van der Waals surface area contributed by atoms with Gasteiger partial charge < -0.3 is 4.74 Å². The van der Waals surface area contributed by atoms with E-state index < -0.39 is 53.7 Å². The van der Waals surface area contributed by atoms with Gasteiger partial charge in [-0.05, 0) is 62.2 Å². The minimum atomic E-state index is -4.61. The molecule has 0 spiro atoms. The standard InChI is InChI=1S/C33H31NO7S2/c1-32(2,3)41-31(36)34-28-22-14-13-21-27(28)33(30(34)35,24-15-7-4-8-16-24)23-29(42(37,38)25-17-9-5-10-18-25)43(39,40)26-19-11-6-12-20-26/h4-22,29H,23H2,1-3H3/t33-/m1/s1. The molecule has 0 aliphatic carbocycles. The Kier molecular flexibility index (Phi) is 7.79. The van der Waals surface area contributed by atoms with Crippen molar-refractivity contribution in [3.05, 3.63) is 126 Å². The maximum atomic E-state index is 14.7. The number of carbonyl (C=O) groups excluding carboxylic acids is 2. The average molecular weight is 618 g/mol. The number of hydrogen-bond acceptors (Lipinski definition) is 7. The average Bonchev–Trinajstić information content (AvgIpc) is 3.24. The van der Waals surface area contributed by atoms with E-state index in [4.69, 9.17) is 4.74 Å². The number of carbonyl (C=O) groups is 2. The van der Waals surface area contributed by atoms with Crippen LogP contribution in [0.5, 0.6) is 0 Å². The number of sulfone groups is 2. The monoisotopic (exact) mass is 617 g/mol. The molecule has 0 saturated carbocycles. The molecule has 0 fully saturated rings. The van der Waals surface area contributed by atoms with Gasteiger partial charge in [0.05, 0.1) is 15.5 Å². The molecule has 0 N–H and O–H groups in total. The van der Waals surface area contributed by atoms with Crippen molar-refractivity contribution >= 4 is 37.4 Å². The Morgan fingerprint density at radius 3 is 1.65 bits per heavy atom. The zero-order chi connectivity index (χ0) is 31.0. The lowest BCUT2D eigenvalue weighted by Gasteiger charge is -2.33. The van der Waals surface area contributed by atoms with Crippen LogP contribution in [0.2, 0.25) is 0 Å². The van der Waals surface area contributed by atoms with E-state index >= 15 is 0 Å². The summed E-state index contributed by atoms with van der Waals surface area (Å²) in [6.07, 6.45) is -1.64. The number of imide groups is 1. The van der Waals surface area contributed by atoms with Crippen molar-refractivity contribution in [3.63, 3.8) is 0 Å². The molecule has 0 unspecified atom stereocenters. The molecule has 2 amide bonds. The van der Waals surface area contributed by atoms with Gasteiger partial charge in [-0.3, -0.25) is 4.79 Å². The fraction of sp³-hybridized carbons (Fsp3) is 0.212. The molecule has 0 saturated heterocycles. The number of amides is 2. The third kappa shape index (κ3) is 5.36. The predicted molar refractivity (Wildman–Crippen MR) is 163 cm³/mol. The zero-order valence-corrected chi connectivity index (χ0v) is 25.5. The van der Waals surface area contributed by atoms with Gasteiger partial charge in [-0.25, -0.2) is 26.5 Å². The number of anilines is 1. The van der Waals surface area contributed by atoms with Crippen LogP contribution in [0.4, 0.5) is 10.5 Å². The van der Waals surface area contributed by atoms with E-state index in [9.17, 15) is 26.4 Å². The molecule has 222 valence electrons. The summed E-state index contributed by atoms with van der Waals surface area (Å²) in [7, 11) is -9.22. The smallest absolute Gasteiger partial charge is 0.421 e. The van der Waals surface area contributed by atoms with Gasteiger partial charge in [-0.15, -0.1) is 0 Å². The van der Waals surface area contributed by atoms with Crippen molar-refractivity contribution < 1.29 is 31.2 Å². The number of benzene rings is 4. The van der Waals surface area contributed by atoms with E-state index in [0.29, 0.717) is 11.1 Å². The molecule has 0 bridgehead atoms. The van der Waals surface area contributed by atoms with E-state index in [1.54, 1.807) is 87.5 Å². The third-order valence-corrected chi connectivity index (χ3v) is 12.4. The van der Waals surface area contributed by atoms with Crippen LogP contribution < -0.4 is 4.90 Å². The summed E-state index contributed by atoms with van der Waals surface area (Å²) in [6.45, 7) is 4.99. The molecule has 1 heterocycles. The number of ether oxygens (including phenoxy) is 1. The Labute approximate surface area is 251 Å². The fourth-order valence-corrected chi connectivity index (χ4v) is 10.0. The first-order chi connectivity index (χ1) is 20.3. The Morgan fingerprint density at radius 1 is 0.721 bits per heavy atom. The molecular weight excluding hydrogens is 586 g/mol. The maximum Gasteiger partial charge on any atom is 0.421 e. The van der Waals surface area contributed by atoms with E-state index in [1.165, 1.54) is 48.5 Å². The molecule has 43 heavy (non-hydrogen) atoms. The summed E-state index contributed by atoms with van der Waals surface area (Å²) < 4.78 is 60.8. The van der Waals surface area contributed by atoms with Gasteiger partial charge in [0.25, 0.3) is 5.91 Å². The summed E-state index contributed by atoms with van der Waals surface area (Å²) >= 11 is 0. The van der Waals surface area contributed by atoms with Crippen LogP contribution in [0, 0.1) is 0 Å². The van der Waals surface area contributed by atoms with Crippen molar-refractivity contribution in [3.8, 4) is 0 Å². The summed E-state index contributed by atoms with van der Waals surface area (Å²) in [4.78, 5) is 28.7. The molecular formula is C33H31NO7S2. The second-order valence-electron chi connectivity index (χ2n) is 11.3. The highest BCUT2D eigenvalue weighted by Gasteiger charge is 2.59. The number of rotatable bonds is 7. The molecule has 8 nitrogen and oxygen atoms in total. The Morgan fingerprint density at radius 2 is 1.16 bits per heavy atom. The van der Waals surface area contributed by atoms with E-state index in [1.807, 2.05) is 0 Å². The van der Waals surface area contributed by atoms with Crippen LogP contribution in [0.3, 0.4) is 0 Å². The van der Waals surface area contributed by atoms with Gasteiger partial charge >= 0.3 is 6.09 Å². The van der Waals surface area contributed by atoms with Gasteiger partial charge in [0.2, 0.25) is 0 Å². The number of fused-ring (bicyclic) bond motifs is 1. The first-order valence-electron chi connectivity index (χ1n) is 13.6. The van der Waals surface area contributed by atoms with Crippen LogP contribution in [0.15, 0.2) is 125 Å². The highest BCUT2D eigenvalue weighted by molar-refractivity contribution is 8.09. The van der Waals surface area contributed by atoms with Crippen molar-refractivity contribution in [1.29, 1.82) is 0 Å². The largest absolute Gasteiger partial charge is 0.443 e. The van der Waals surface area contributed by atoms with Crippen LogP contribution >= 0.6 is 0 Å². The summed E-state index contributed by atoms with van der Waals surface area (Å²) in [5.74, 6) is -0.800. The molecule has 10 heteroatoms. The van der Waals surface area contributed by atoms with Gasteiger partial charge in [0, 0.05) is 6.42 Å². The van der Waals surface area contributed by atoms with Crippen molar-refractivity contribution in [2.75, 3.05) is 4.90 Å². The maximum absolute atomic E-state index is 14.7. The third-order valence-electron chi connectivity index (χ3n) is 7.32. The minimum absolute atomic E-state index is 0.193. The molecule has 0 radical (unpaired) electrons. The molecule has 1 atom stereocenters. The van der Waals surface area contributed by atoms with Gasteiger partial charge in [-0.2, -0.15) is 0 Å². The van der Waals surface area contributed by atoms with Crippen molar-refractivity contribution in [2.24, 2.45) is 0 Å². The summed E-state index contributed by atoms with van der Waals surface area (Å²) in [5.41, 5.74) is -1.98. The van der Waals surface area contributed by atoms with Gasteiger partial charge in [0.15, 0.2) is 24.3 Å². The molecule has 4 aromatic rings. The zero-order valence-electron chi connectivity index (χ0n) is 23.9. The molecule has 1 aliphatic heterocycles. The Bertz CT molecular complexity index is 1800. The topological polar surface area (TPSA) is 115 Å². The first kappa shape index (κ1) is 30.2. The molecule has 5 rings (SSSR count). The lowest BCUT2D eigenvalue weighted by atomic mass is 9.73. The van der Waals surface area contributed by atoms with Crippen molar-refractivity contribution in [2.45, 2.75) is 52.6 Å². The lowest BCUT2D eigenvalue weighted by Crippen LogP contribution is -2.49. The highest BCUT2D eigenvalue weighted by Crippen LogP contribution is 2.51. The quantitative estimate of drug-likeness (QED) is 0.253. The molecule has 1 aliphatic rings. The Balaban J connectivity index is 1.80. The number of para-hydroxylation sites is 1. The Hall–Kier alpha value is -4.28. The second-order valence-corrected chi connectivity index (χ2v) is 15.8. The second kappa shape index (κ2) is 11.1. The van der Waals surface area contributed by atoms with Crippen LogP contribution in [-0.2, 0) is 34.6 Å². The van der Waals surface area contributed by atoms with Crippen LogP contribution in [-0.4, -0.2) is 39.0 Å². The predicted octanol–water partition coefficient (Wildman–Crippen LogP) is 5.92. The van der Waals surface area contributed by atoms with E-state index in [2.05, 4.69) is 0 Å². The number of hydrogen-bond donors (Lipinski definition) is 0. The summed E-state index contributed by atoms with van der Waals surface area (Å²) in [5, 5.41) is 0. The highest BCUT2D eigenvalue weighted by atomic mass is 32.3. The van der Waals surface area contributed by atoms with Gasteiger partial charge in [-0.1, -0.05) is 84.9 Å². The van der Waals surface area contributed by atoms with Crippen LogP contribution in [0.1, 0.15) is 38.3 Å². The van der Waals surface area contributed by atoms with Gasteiger partial charge in [0.1, 0.15) is 11.0 Å². The first-order valence-corrected chi connectivity index (χ1v) is 16.7. The van der Waals surface area contributed by atoms with Crippen molar-refractivity contribution in [1.82, 2.24) is 0 Å². The SMILES string of the molecule is CC(C)(C)OC(=O)N1C(=O)[C@](CC(S(=O)(=O)c2ccccc2)S(=O)(=O)c2ccccc2)(c2ccccc2)c2ccccc21. The van der Waals surface area contributed by atoms with Crippen LogP contribution in [0.25, 0.3) is 0 Å². The molecule has 4 aromatic carbocycles. The fourth-order valence-electron chi connectivity index (χ4n) is 5.41. The summed E-state index contributed by atoms with van der Waals surface area (Å²) in [6, 6.07) is 29.4. The lowest BCUT2D eigenvalue weighted by molar-refractivity contribution is -0.121. The number of nitrogens with zero attached hydrogens (tertiary/aromatic N) is 1. The molecule has 0 aromatic heterocycles. The van der Waals surface area contributed by atoms with E-state index in [0.717, 1.165) is 4.90 Å². The minimum Gasteiger partial charge on any atom is -0.443 e. The van der Waals surface area contributed by atoms with E-state index in [-0.39, 0.29) is 15.5 Å².